The number of carbonyl (C=O) groups is 2. The second kappa shape index (κ2) is 6.52. The molecule has 0 bridgehead atoms. The van der Waals surface area contributed by atoms with Crippen molar-refractivity contribution in [1.82, 2.24) is 5.32 Å². The first-order chi connectivity index (χ1) is 8.08. The fraction of sp³-hybridized carbons (Fsp3) is 0.333. The summed E-state index contributed by atoms with van der Waals surface area (Å²) in [7, 11) is 0. The smallest absolute Gasteiger partial charge is 0.303 e. The molecule has 0 aromatic heterocycles. The van der Waals surface area contributed by atoms with E-state index in [0.29, 0.717) is 13.0 Å². The molecule has 0 radical (unpaired) electrons. The van der Waals surface area contributed by atoms with Crippen LogP contribution in [-0.2, 0) is 16.0 Å². The van der Waals surface area contributed by atoms with Crippen LogP contribution in [0.1, 0.15) is 18.4 Å². The number of phenols is 1. The molecule has 5 heteroatoms. The van der Waals surface area contributed by atoms with Crippen molar-refractivity contribution in [3.05, 3.63) is 29.8 Å². The summed E-state index contributed by atoms with van der Waals surface area (Å²) in [6.07, 6.45) is 0.445. The van der Waals surface area contributed by atoms with E-state index in [2.05, 4.69) is 5.32 Å². The number of amides is 1. The molecule has 0 heterocycles. The van der Waals surface area contributed by atoms with E-state index in [1.54, 1.807) is 18.2 Å². The molecule has 0 saturated heterocycles. The third-order valence-electron chi connectivity index (χ3n) is 2.21. The molecule has 1 aromatic carbocycles. The second-order valence-corrected chi connectivity index (χ2v) is 3.66. The Hall–Kier alpha value is -2.04. The Balaban J connectivity index is 2.23. The zero-order valence-corrected chi connectivity index (χ0v) is 9.35. The van der Waals surface area contributed by atoms with E-state index in [0.717, 1.165) is 5.56 Å². The molecular weight excluding hydrogens is 222 g/mol. The van der Waals surface area contributed by atoms with Crippen LogP contribution in [0.2, 0.25) is 0 Å². The SMILES string of the molecule is O=C(O)CCC(=O)NCCc1cccc(O)c1. The van der Waals surface area contributed by atoms with Gasteiger partial charge in [-0.25, -0.2) is 0 Å². The predicted molar refractivity (Wildman–Crippen MR) is 61.7 cm³/mol. The quantitative estimate of drug-likeness (QED) is 0.686. The lowest BCUT2D eigenvalue weighted by Crippen LogP contribution is -2.25. The summed E-state index contributed by atoms with van der Waals surface area (Å²) < 4.78 is 0. The molecule has 0 spiro atoms. The Kier molecular flexibility index (Phi) is 5.00. The van der Waals surface area contributed by atoms with Crippen molar-refractivity contribution in [1.29, 1.82) is 0 Å². The van der Waals surface area contributed by atoms with Gasteiger partial charge in [0.05, 0.1) is 6.42 Å². The van der Waals surface area contributed by atoms with Crippen molar-refractivity contribution < 1.29 is 19.8 Å². The third kappa shape index (κ3) is 5.55. The largest absolute Gasteiger partial charge is 0.508 e. The Morgan fingerprint density at radius 2 is 2.00 bits per heavy atom. The highest BCUT2D eigenvalue weighted by molar-refractivity contribution is 5.80. The minimum Gasteiger partial charge on any atom is -0.508 e. The van der Waals surface area contributed by atoms with E-state index >= 15 is 0 Å². The highest BCUT2D eigenvalue weighted by atomic mass is 16.4. The van der Waals surface area contributed by atoms with Crippen molar-refractivity contribution in [2.45, 2.75) is 19.3 Å². The molecule has 0 aliphatic rings. The Morgan fingerprint density at radius 3 is 2.65 bits per heavy atom. The molecule has 17 heavy (non-hydrogen) atoms. The van der Waals surface area contributed by atoms with Crippen molar-refractivity contribution in [3.63, 3.8) is 0 Å². The van der Waals surface area contributed by atoms with Crippen LogP contribution in [0.25, 0.3) is 0 Å². The first kappa shape index (κ1) is 13.0. The van der Waals surface area contributed by atoms with Gasteiger partial charge in [0.15, 0.2) is 0 Å². The number of aromatic hydroxyl groups is 1. The number of carboxylic acids is 1. The predicted octanol–water partition coefficient (Wildman–Crippen LogP) is 0.916. The van der Waals surface area contributed by atoms with Gasteiger partial charge < -0.3 is 15.5 Å². The number of benzene rings is 1. The molecule has 92 valence electrons. The van der Waals surface area contributed by atoms with E-state index in [-0.39, 0.29) is 24.5 Å². The highest BCUT2D eigenvalue weighted by Crippen LogP contribution is 2.10. The van der Waals surface area contributed by atoms with Crippen LogP contribution in [0.5, 0.6) is 5.75 Å². The second-order valence-electron chi connectivity index (χ2n) is 3.66. The first-order valence-electron chi connectivity index (χ1n) is 5.34. The van der Waals surface area contributed by atoms with Crippen LogP contribution in [0.4, 0.5) is 0 Å². The molecule has 1 amide bonds. The van der Waals surface area contributed by atoms with Crippen LogP contribution >= 0.6 is 0 Å². The van der Waals surface area contributed by atoms with Gasteiger partial charge in [-0.3, -0.25) is 9.59 Å². The molecule has 0 fully saturated rings. The molecule has 3 N–H and O–H groups in total. The van der Waals surface area contributed by atoms with Gasteiger partial charge in [0.25, 0.3) is 0 Å². The van der Waals surface area contributed by atoms with Crippen LogP contribution in [-0.4, -0.2) is 28.6 Å². The summed E-state index contributed by atoms with van der Waals surface area (Å²) in [6, 6.07) is 6.79. The number of phenolic OH excluding ortho intramolecular Hbond substituents is 1. The maximum Gasteiger partial charge on any atom is 0.303 e. The average molecular weight is 237 g/mol. The number of rotatable bonds is 6. The fourth-order valence-electron chi connectivity index (χ4n) is 1.37. The van der Waals surface area contributed by atoms with Crippen LogP contribution < -0.4 is 5.32 Å². The highest BCUT2D eigenvalue weighted by Gasteiger charge is 2.04. The molecule has 0 saturated carbocycles. The van der Waals surface area contributed by atoms with Crippen LogP contribution in [0.3, 0.4) is 0 Å². The molecular formula is C12H15NO4. The van der Waals surface area contributed by atoms with Gasteiger partial charge >= 0.3 is 5.97 Å². The summed E-state index contributed by atoms with van der Waals surface area (Å²) in [6.45, 7) is 0.432. The summed E-state index contributed by atoms with van der Waals surface area (Å²) in [5, 5.41) is 20.2. The zero-order chi connectivity index (χ0) is 12.7. The molecule has 0 unspecified atom stereocenters. The standard InChI is InChI=1S/C12H15NO4/c14-10-3-1-2-9(8-10)6-7-13-11(15)4-5-12(16)17/h1-3,8,14H,4-7H2,(H,13,15)(H,16,17). The van der Waals surface area contributed by atoms with E-state index in [1.165, 1.54) is 0 Å². The number of carboxylic acid groups (broad SMARTS) is 1. The van der Waals surface area contributed by atoms with E-state index in [4.69, 9.17) is 5.11 Å². The molecule has 0 aliphatic heterocycles. The van der Waals surface area contributed by atoms with E-state index in [1.807, 2.05) is 6.07 Å². The first-order valence-corrected chi connectivity index (χ1v) is 5.34. The molecule has 0 atom stereocenters. The average Bonchev–Trinajstić information content (AvgIpc) is 2.26. The van der Waals surface area contributed by atoms with Gasteiger partial charge in [0, 0.05) is 13.0 Å². The van der Waals surface area contributed by atoms with Crippen molar-refractivity contribution >= 4 is 11.9 Å². The maximum atomic E-state index is 11.2. The number of aliphatic carboxylic acids is 1. The summed E-state index contributed by atoms with van der Waals surface area (Å²) in [4.78, 5) is 21.4. The number of hydrogen-bond donors (Lipinski definition) is 3. The Bertz CT molecular complexity index is 403. The maximum absolute atomic E-state index is 11.2. The summed E-state index contributed by atoms with van der Waals surface area (Å²) >= 11 is 0. The topological polar surface area (TPSA) is 86.6 Å². The van der Waals surface area contributed by atoms with E-state index < -0.39 is 5.97 Å². The Morgan fingerprint density at radius 1 is 1.24 bits per heavy atom. The molecule has 0 aliphatic carbocycles. The zero-order valence-electron chi connectivity index (χ0n) is 9.35. The van der Waals surface area contributed by atoms with E-state index in [9.17, 15) is 14.7 Å². The van der Waals surface area contributed by atoms with Gasteiger partial charge in [-0.05, 0) is 24.1 Å². The number of nitrogens with one attached hydrogen (secondary N) is 1. The lowest BCUT2D eigenvalue weighted by molar-refractivity contribution is -0.138. The van der Waals surface area contributed by atoms with Gasteiger partial charge in [0.1, 0.15) is 5.75 Å². The monoisotopic (exact) mass is 237 g/mol. The Labute approximate surface area is 99.1 Å². The minimum absolute atomic E-state index is 0.00459. The van der Waals surface area contributed by atoms with Crippen molar-refractivity contribution in [3.8, 4) is 5.75 Å². The van der Waals surface area contributed by atoms with Crippen molar-refractivity contribution in [2.75, 3.05) is 6.54 Å². The normalized spacial score (nSPS) is 9.88. The van der Waals surface area contributed by atoms with Gasteiger partial charge in [-0.1, -0.05) is 12.1 Å². The van der Waals surface area contributed by atoms with Crippen molar-refractivity contribution in [2.24, 2.45) is 0 Å². The number of carbonyl (C=O) groups excluding carboxylic acids is 1. The van der Waals surface area contributed by atoms with Gasteiger partial charge in [-0.2, -0.15) is 0 Å². The van der Waals surface area contributed by atoms with Gasteiger partial charge in [-0.15, -0.1) is 0 Å². The molecule has 5 nitrogen and oxygen atoms in total. The third-order valence-corrected chi connectivity index (χ3v) is 2.21. The molecule has 1 rings (SSSR count). The molecule has 1 aromatic rings. The van der Waals surface area contributed by atoms with Crippen LogP contribution in [0, 0.1) is 0 Å². The fourth-order valence-corrected chi connectivity index (χ4v) is 1.37. The van der Waals surface area contributed by atoms with Crippen LogP contribution in [0.15, 0.2) is 24.3 Å². The number of hydrogen-bond acceptors (Lipinski definition) is 3. The summed E-state index contributed by atoms with van der Waals surface area (Å²) in [5.74, 6) is -1.06. The minimum atomic E-state index is -0.979. The van der Waals surface area contributed by atoms with Gasteiger partial charge in [0.2, 0.25) is 5.91 Å². The summed E-state index contributed by atoms with van der Waals surface area (Å²) in [5.41, 5.74) is 0.920. The lowest BCUT2D eigenvalue weighted by atomic mass is 10.1. The lowest BCUT2D eigenvalue weighted by Gasteiger charge is -2.04.